The van der Waals surface area contributed by atoms with Gasteiger partial charge in [-0.2, -0.15) is 0 Å². The van der Waals surface area contributed by atoms with Crippen molar-refractivity contribution >= 4 is 33.4 Å². The molecule has 2 rings (SSSR count). The van der Waals surface area contributed by atoms with E-state index in [4.69, 9.17) is 16.3 Å². The molecule has 1 amide bonds. The van der Waals surface area contributed by atoms with Gasteiger partial charge in [-0.1, -0.05) is 27.5 Å². The molecule has 1 fully saturated rings. The molecule has 20 heavy (non-hydrogen) atoms. The summed E-state index contributed by atoms with van der Waals surface area (Å²) in [6.07, 6.45) is 0.0166. The van der Waals surface area contributed by atoms with Gasteiger partial charge < -0.3 is 9.64 Å². The average molecular weight is 361 g/mol. The minimum atomic E-state index is -0.333. The maximum Gasteiger partial charge on any atom is 0.254 e. The minimum Gasteiger partial charge on any atom is -0.368 e. The Morgan fingerprint density at radius 2 is 2.20 bits per heavy atom. The highest BCUT2D eigenvalue weighted by Gasteiger charge is 2.35. The molecule has 0 N–H and O–H groups in total. The second kappa shape index (κ2) is 6.04. The molecule has 1 aromatic carbocycles. The van der Waals surface area contributed by atoms with Crippen LogP contribution < -0.4 is 0 Å². The van der Waals surface area contributed by atoms with E-state index in [9.17, 15) is 4.79 Å². The number of aryl methyl sites for hydroxylation is 1. The zero-order valence-electron chi connectivity index (χ0n) is 12.0. The van der Waals surface area contributed by atoms with Crippen molar-refractivity contribution in [3.8, 4) is 0 Å². The lowest BCUT2D eigenvalue weighted by Crippen LogP contribution is -2.55. The van der Waals surface area contributed by atoms with Crippen molar-refractivity contribution in [1.29, 1.82) is 0 Å². The fraction of sp³-hybridized carbons (Fsp3) is 0.533. The van der Waals surface area contributed by atoms with E-state index in [1.165, 1.54) is 0 Å². The first-order chi connectivity index (χ1) is 9.30. The van der Waals surface area contributed by atoms with Crippen LogP contribution in [-0.2, 0) is 4.74 Å². The summed E-state index contributed by atoms with van der Waals surface area (Å²) in [7, 11) is 0. The molecule has 3 nitrogen and oxygen atoms in total. The van der Waals surface area contributed by atoms with Gasteiger partial charge in [0.25, 0.3) is 5.91 Å². The molecule has 1 saturated heterocycles. The molecule has 0 aromatic heterocycles. The van der Waals surface area contributed by atoms with Crippen LogP contribution in [0.4, 0.5) is 0 Å². The molecule has 1 atom stereocenters. The van der Waals surface area contributed by atoms with Crippen molar-refractivity contribution in [3.63, 3.8) is 0 Å². The van der Waals surface area contributed by atoms with Crippen LogP contribution >= 0.6 is 27.5 Å². The van der Waals surface area contributed by atoms with Crippen molar-refractivity contribution in [2.75, 3.05) is 18.4 Å². The van der Waals surface area contributed by atoms with E-state index < -0.39 is 0 Å². The molecular weight excluding hydrogens is 342 g/mol. The number of hydrogen-bond donors (Lipinski definition) is 0. The Hall–Kier alpha value is -0.580. The van der Waals surface area contributed by atoms with Gasteiger partial charge in [0.15, 0.2) is 0 Å². The molecule has 1 aliphatic rings. The summed E-state index contributed by atoms with van der Waals surface area (Å²) in [5.41, 5.74) is 1.30. The summed E-state index contributed by atoms with van der Waals surface area (Å²) in [6, 6.07) is 5.45. The molecule has 0 saturated carbocycles. The van der Waals surface area contributed by atoms with Gasteiger partial charge in [0.2, 0.25) is 0 Å². The summed E-state index contributed by atoms with van der Waals surface area (Å²) in [6.45, 7) is 7.13. The number of ether oxygens (including phenoxy) is 1. The zero-order valence-corrected chi connectivity index (χ0v) is 14.3. The SMILES string of the molecule is Cc1cc(Cl)cc(C(=O)N2CC(CBr)OC(C)(C)C2)c1. The molecule has 1 aromatic rings. The number of hydrogen-bond acceptors (Lipinski definition) is 2. The number of carbonyl (C=O) groups is 1. The molecule has 1 aliphatic heterocycles. The van der Waals surface area contributed by atoms with Gasteiger partial charge in [-0.25, -0.2) is 0 Å². The van der Waals surface area contributed by atoms with Crippen LogP contribution in [0.5, 0.6) is 0 Å². The van der Waals surface area contributed by atoms with E-state index in [1.54, 1.807) is 6.07 Å². The number of benzene rings is 1. The van der Waals surface area contributed by atoms with E-state index in [0.29, 0.717) is 23.7 Å². The van der Waals surface area contributed by atoms with E-state index in [2.05, 4.69) is 15.9 Å². The molecule has 110 valence electrons. The van der Waals surface area contributed by atoms with Crippen molar-refractivity contribution in [1.82, 2.24) is 4.90 Å². The maximum absolute atomic E-state index is 12.6. The molecule has 0 aliphatic carbocycles. The van der Waals surface area contributed by atoms with Crippen LogP contribution in [0.15, 0.2) is 18.2 Å². The number of carbonyl (C=O) groups excluding carboxylic acids is 1. The Labute approximate surface area is 133 Å². The number of nitrogens with zero attached hydrogens (tertiary/aromatic N) is 1. The van der Waals surface area contributed by atoms with Gasteiger partial charge >= 0.3 is 0 Å². The van der Waals surface area contributed by atoms with E-state index in [-0.39, 0.29) is 17.6 Å². The Kier molecular flexibility index (Phi) is 4.77. The Bertz CT molecular complexity index is 498. The smallest absolute Gasteiger partial charge is 0.254 e. The number of amides is 1. The van der Waals surface area contributed by atoms with Crippen LogP contribution in [0.2, 0.25) is 5.02 Å². The number of morpholine rings is 1. The van der Waals surface area contributed by atoms with Crippen LogP contribution in [0.25, 0.3) is 0 Å². The normalized spacial score (nSPS) is 21.9. The van der Waals surface area contributed by atoms with Gasteiger partial charge in [0.1, 0.15) is 0 Å². The second-order valence-electron chi connectivity index (χ2n) is 5.86. The second-order valence-corrected chi connectivity index (χ2v) is 6.94. The lowest BCUT2D eigenvalue weighted by Gasteiger charge is -2.42. The third-order valence-electron chi connectivity index (χ3n) is 3.23. The largest absolute Gasteiger partial charge is 0.368 e. The van der Waals surface area contributed by atoms with Gasteiger partial charge in [0.05, 0.1) is 11.7 Å². The van der Waals surface area contributed by atoms with Crippen LogP contribution in [0.3, 0.4) is 0 Å². The monoisotopic (exact) mass is 359 g/mol. The zero-order chi connectivity index (χ0) is 14.9. The number of halogens is 2. The lowest BCUT2D eigenvalue weighted by atomic mass is 10.0. The summed E-state index contributed by atoms with van der Waals surface area (Å²) in [5.74, 6) is 0.0120. The highest BCUT2D eigenvalue weighted by molar-refractivity contribution is 9.09. The van der Waals surface area contributed by atoms with E-state index >= 15 is 0 Å². The molecule has 0 radical (unpaired) electrons. The van der Waals surface area contributed by atoms with Crippen molar-refractivity contribution < 1.29 is 9.53 Å². The number of rotatable bonds is 2. The van der Waals surface area contributed by atoms with Gasteiger partial charge in [-0.05, 0) is 44.5 Å². The minimum absolute atomic E-state index is 0.0120. The highest BCUT2D eigenvalue weighted by atomic mass is 79.9. The Morgan fingerprint density at radius 1 is 1.50 bits per heavy atom. The first kappa shape index (κ1) is 15.8. The third kappa shape index (κ3) is 3.74. The summed E-state index contributed by atoms with van der Waals surface area (Å²) in [5, 5.41) is 1.31. The standard InChI is InChI=1S/C15H19BrClNO2/c1-10-4-11(6-12(17)5-10)14(19)18-8-13(7-16)20-15(2,3)9-18/h4-6,13H,7-9H2,1-3H3. The van der Waals surface area contributed by atoms with Crippen LogP contribution in [-0.4, -0.2) is 40.9 Å². The highest BCUT2D eigenvalue weighted by Crippen LogP contribution is 2.24. The predicted octanol–water partition coefficient (Wildman–Crippen LogP) is 3.66. The van der Waals surface area contributed by atoms with Gasteiger partial charge in [-0.3, -0.25) is 4.79 Å². The topological polar surface area (TPSA) is 29.5 Å². The molecule has 0 spiro atoms. The molecular formula is C15H19BrClNO2. The molecule has 0 bridgehead atoms. The third-order valence-corrected chi connectivity index (χ3v) is 4.17. The summed E-state index contributed by atoms with van der Waals surface area (Å²) < 4.78 is 5.92. The van der Waals surface area contributed by atoms with Crippen molar-refractivity contribution in [2.45, 2.75) is 32.5 Å². The van der Waals surface area contributed by atoms with Gasteiger partial charge in [0, 0.05) is 29.0 Å². The quantitative estimate of drug-likeness (QED) is 0.753. The van der Waals surface area contributed by atoms with Crippen molar-refractivity contribution in [3.05, 3.63) is 34.3 Å². The van der Waals surface area contributed by atoms with E-state index in [1.807, 2.05) is 37.8 Å². The summed E-state index contributed by atoms with van der Waals surface area (Å²) >= 11 is 9.48. The van der Waals surface area contributed by atoms with Crippen molar-refractivity contribution in [2.24, 2.45) is 0 Å². The molecule has 5 heteroatoms. The Balaban J connectivity index is 2.23. The Morgan fingerprint density at radius 3 is 2.80 bits per heavy atom. The number of alkyl halides is 1. The lowest BCUT2D eigenvalue weighted by molar-refractivity contribution is -0.116. The fourth-order valence-electron chi connectivity index (χ4n) is 2.57. The van der Waals surface area contributed by atoms with Gasteiger partial charge in [-0.15, -0.1) is 0 Å². The van der Waals surface area contributed by atoms with Crippen LogP contribution in [0, 0.1) is 6.92 Å². The molecule has 1 unspecified atom stereocenters. The first-order valence-corrected chi connectivity index (χ1v) is 8.11. The molecule has 1 heterocycles. The predicted molar refractivity (Wildman–Crippen MR) is 84.8 cm³/mol. The fourth-order valence-corrected chi connectivity index (χ4v) is 3.20. The maximum atomic E-state index is 12.6. The van der Waals surface area contributed by atoms with Crippen LogP contribution in [0.1, 0.15) is 29.8 Å². The average Bonchev–Trinajstić information content (AvgIpc) is 2.34. The first-order valence-electron chi connectivity index (χ1n) is 6.61. The summed E-state index contributed by atoms with van der Waals surface area (Å²) in [4.78, 5) is 14.5. The van der Waals surface area contributed by atoms with E-state index in [0.717, 1.165) is 10.9 Å².